The maximum Gasteiger partial charge on any atom is 0.242 e. The lowest BCUT2D eigenvalue weighted by atomic mass is 9.97. The lowest BCUT2D eigenvalue weighted by Gasteiger charge is -2.44. The van der Waals surface area contributed by atoms with Gasteiger partial charge in [-0.3, -0.25) is 9.69 Å². The third-order valence-corrected chi connectivity index (χ3v) is 3.08. The minimum Gasteiger partial charge on any atom is -0.343 e. The van der Waals surface area contributed by atoms with Gasteiger partial charge in [0.15, 0.2) is 0 Å². The van der Waals surface area contributed by atoms with E-state index in [9.17, 15) is 4.79 Å². The fraction of sp³-hybridized carbons (Fsp3) is 0.818. The molecule has 0 unspecified atom stereocenters. The van der Waals surface area contributed by atoms with E-state index in [2.05, 4.69) is 11.0 Å². The van der Waals surface area contributed by atoms with Crippen LogP contribution in [0.5, 0.6) is 0 Å². The number of likely N-dealkylation sites (N-methyl/N-ethyl adjacent to an activating group) is 1. The van der Waals surface area contributed by atoms with Crippen LogP contribution in [0.2, 0.25) is 0 Å². The van der Waals surface area contributed by atoms with Gasteiger partial charge in [-0.1, -0.05) is 0 Å². The van der Waals surface area contributed by atoms with Gasteiger partial charge in [-0.25, -0.2) is 0 Å². The van der Waals surface area contributed by atoms with Gasteiger partial charge in [0.2, 0.25) is 5.91 Å². The summed E-state index contributed by atoms with van der Waals surface area (Å²) in [7, 11) is 1.84. The highest BCUT2D eigenvalue weighted by Gasteiger charge is 2.39. The maximum absolute atomic E-state index is 11.9. The zero-order valence-electron chi connectivity index (χ0n) is 9.79. The van der Waals surface area contributed by atoms with Crippen molar-refractivity contribution in [1.82, 2.24) is 9.80 Å². The van der Waals surface area contributed by atoms with Crippen molar-refractivity contribution in [2.75, 3.05) is 26.7 Å². The monoisotopic (exact) mass is 209 g/mol. The van der Waals surface area contributed by atoms with Crippen molar-refractivity contribution in [3.63, 3.8) is 0 Å². The second kappa shape index (κ2) is 4.63. The lowest BCUT2D eigenvalue weighted by molar-refractivity contribution is -0.147. The summed E-state index contributed by atoms with van der Waals surface area (Å²) in [5, 5.41) is 8.48. The van der Waals surface area contributed by atoms with Crippen LogP contribution in [0.3, 0.4) is 0 Å². The van der Waals surface area contributed by atoms with Gasteiger partial charge in [0.05, 0.1) is 11.6 Å². The molecule has 1 aliphatic heterocycles. The molecule has 0 aliphatic carbocycles. The fourth-order valence-corrected chi connectivity index (χ4v) is 1.99. The summed E-state index contributed by atoms with van der Waals surface area (Å²) in [6, 6.07) is 2.13. The predicted molar refractivity (Wildman–Crippen MR) is 58.1 cm³/mol. The molecular formula is C11H19N3O. The number of hydrogen-bond acceptors (Lipinski definition) is 3. The predicted octanol–water partition coefficient (Wildman–Crippen LogP) is 0.843. The van der Waals surface area contributed by atoms with E-state index in [4.69, 9.17) is 5.26 Å². The van der Waals surface area contributed by atoms with Crippen LogP contribution >= 0.6 is 0 Å². The molecule has 0 N–H and O–H groups in total. The van der Waals surface area contributed by atoms with Crippen molar-refractivity contribution in [2.45, 2.75) is 32.2 Å². The Morgan fingerprint density at radius 3 is 2.73 bits per heavy atom. The van der Waals surface area contributed by atoms with Gasteiger partial charge < -0.3 is 4.90 Å². The first kappa shape index (κ1) is 12.0. The topological polar surface area (TPSA) is 47.3 Å². The normalized spacial score (nSPS) is 21.5. The molecule has 1 rings (SSSR count). The molecule has 1 amide bonds. The molecule has 0 spiro atoms. The van der Waals surface area contributed by atoms with E-state index >= 15 is 0 Å². The molecule has 1 fully saturated rings. The van der Waals surface area contributed by atoms with E-state index in [-0.39, 0.29) is 5.91 Å². The minimum absolute atomic E-state index is 0.172. The Kier molecular flexibility index (Phi) is 3.70. The van der Waals surface area contributed by atoms with Gasteiger partial charge in [0.25, 0.3) is 0 Å². The Morgan fingerprint density at radius 1 is 1.47 bits per heavy atom. The molecule has 1 heterocycles. The van der Waals surface area contributed by atoms with E-state index in [0.717, 1.165) is 26.1 Å². The van der Waals surface area contributed by atoms with Gasteiger partial charge in [-0.05, 0) is 20.3 Å². The quantitative estimate of drug-likeness (QED) is 0.647. The Hall–Kier alpha value is -1.08. The van der Waals surface area contributed by atoms with Gasteiger partial charge in [-0.2, -0.15) is 5.26 Å². The van der Waals surface area contributed by atoms with Crippen LogP contribution in [-0.2, 0) is 4.79 Å². The largest absolute Gasteiger partial charge is 0.343 e. The van der Waals surface area contributed by atoms with Crippen molar-refractivity contribution < 1.29 is 4.79 Å². The van der Waals surface area contributed by atoms with Crippen molar-refractivity contribution in [2.24, 2.45) is 0 Å². The summed E-state index contributed by atoms with van der Waals surface area (Å²) in [4.78, 5) is 15.9. The van der Waals surface area contributed by atoms with Crippen LogP contribution in [0.1, 0.15) is 26.7 Å². The summed E-state index contributed by atoms with van der Waals surface area (Å²) < 4.78 is 0. The van der Waals surface area contributed by atoms with Crippen molar-refractivity contribution in [3.8, 4) is 6.07 Å². The number of hydrogen-bond donors (Lipinski definition) is 0. The van der Waals surface area contributed by atoms with Crippen LogP contribution < -0.4 is 0 Å². The van der Waals surface area contributed by atoms with Gasteiger partial charge >= 0.3 is 0 Å². The first-order chi connectivity index (χ1) is 7.00. The van der Waals surface area contributed by atoms with E-state index in [0.29, 0.717) is 6.42 Å². The summed E-state index contributed by atoms with van der Waals surface area (Å²) in [5.41, 5.74) is -0.414. The number of unbranched alkanes of at least 4 members (excludes halogenated alkanes) is 1. The second-order valence-corrected chi connectivity index (χ2v) is 4.53. The molecule has 1 saturated heterocycles. The highest BCUT2D eigenvalue weighted by molar-refractivity contribution is 5.86. The van der Waals surface area contributed by atoms with Crippen LogP contribution in [0.15, 0.2) is 0 Å². The molecule has 4 heteroatoms. The zero-order chi connectivity index (χ0) is 11.5. The third-order valence-electron chi connectivity index (χ3n) is 3.08. The standard InChI is InChI=1S/C11H19N3O/c1-11(2)10(15)13(3)8-9-14(11)7-5-4-6-12/h4-5,7-9H2,1-3H3. The molecule has 0 bridgehead atoms. The number of nitriles is 1. The van der Waals surface area contributed by atoms with Crippen LogP contribution in [0, 0.1) is 11.3 Å². The van der Waals surface area contributed by atoms with Crippen molar-refractivity contribution in [3.05, 3.63) is 0 Å². The molecule has 4 nitrogen and oxygen atoms in total. The van der Waals surface area contributed by atoms with Gasteiger partial charge in [0.1, 0.15) is 0 Å². The van der Waals surface area contributed by atoms with Crippen molar-refractivity contribution >= 4 is 5.91 Å². The number of amides is 1. The van der Waals surface area contributed by atoms with Crippen LogP contribution in [-0.4, -0.2) is 47.9 Å². The van der Waals surface area contributed by atoms with E-state index < -0.39 is 5.54 Å². The first-order valence-corrected chi connectivity index (χ1v) is 5.37. The molecule has 15 heavy (non-hydrogen) atoms. The molecule has 0 radical (unpaired) electrons. The Labute approximate surface area is 91.5 Å². The Balaban J connectivity index is 2.58. The number of nitrogens with zero attached hydrogens (tertiary/aromatic N) is 3. The van der Waals surface area contributed by atoms with Crippen LogP contribution in [0.25, 0.3) is 0 Å². The molecule has 0 aromatic carbocycles. The molecule has 0 atom stereocenters. The fourth-order valence-electron chi connectivity index (χ4n) is 1.99. The van der Waals surface area contributed by atoms with Gasteiger partial charge in [0, 0.05) is 33.1 Å². The number of piperazine rings is 1. The summed E-state index contributed by atoms with van der Waals surface area (Å²) in [6.07, 6.45) is 1.41. The second-order valence-electron chi connectivity index (χ2n) is 4.53. The van der Waals surface area contributed by atoms with E-state index in [1.54, 1.807) is 4.90 Å². The first-order valence-electron chi connectivity index (χ1n) is 5.37. The summed E-state index contributed by atoms with van der Waals surface area (Å²) in [6.45, 7) is 6.43. The van der Waals surface area contributed by atoms with Gasteiger partial charge in [-0.15, -0.1) is 0 Å². The zero-order valence-corrected chi connectivity index (χ0v) is 9.79. The highest BCUT2D eigenvalue weighted by Crippen LogP contribution is 2.21. The minimum atomic E-state index is -0.414. The average Bonchev–Trinajstić information content (AvgIpc) is 2.19. The average molecular weight is 209 g/mol. The summed E-state index contributed by atoms with van der Waals surface area (Å²) in [5.74, 6) is 0.172. The lowest BCUT2D eigenvalue weighted by Crippen LogP contribution is -2.62. The number of rotatable bonds is 3. The number of carbonyl (C=O) groups is 1. The van der Waals surface area contributed by atoms with Crippen molar-refractivity contribution in [1.29, 1.82) is 5.26 Å². The van der Waals surface area contributed by atoms with E-state index in [1.165, 1.54) is 0 Å². The maximum atomic E-state index is 11.9. The highest BCUT2D eigenvalue weighted by atomic mass is 16.2. The van der Waals surface area contributed by atoms with Crippen LogP contribution in [0.4, 0.5) is 0 Å². The Morgan fingerprint density at radius 2 is 2.13 bits per heavy atom. The third kappa shape index (κ3) is 2.48. The smallest absolute Gasteiger partial charge is 0.242 e. The summed E-state index contributed by atoms with van der Waals surface area (Å²) >= 11 is 0. The molecule has 84 valence electrons. The molecule has 0 aromatic rings. The molecular weight excluding hydrogens is 190 g/mol. The molecule has 0 aromatic heterocycles. The Bertz CT molecular complexity index is 280. The van der Waals surface area contributed by atoms with E-state index in [1.807, 2.05) is 20.9 Å². The number of carbonyl (C=O) groups excluding carboxylic acids is 1. The molecule has 0 saturated carbocycles. The molecule has 1 aliphatic rings. The SMILES string of the molecule is CN1CCN(CCCC#N)C(C)(C)C1=O.